The number of ether oxygens (including phenoxy) is 2. The summed E-state index contributed by atoms with van der Waals surface area (Å²) < 4.78 is 10.2. The summed E-state index contributed by atoms with van der Waals surface area (Å²) in [5, 5.41) is 2.75. The van der Waals surface area contributed by atoms with Crippen LogP contribution in [0.4, 0.5) is 5.69 Å². The van der Waals surface area contributed by atoms with Gasteiger partial charge in [0, 0.05) is 11.8 Å². The molecule has 0 aliphatic carbocycles. The highest BCUT2D eigenvalue weighted by molar-refractivity contribution is 9.10. The van der Waals surface area contributed by atoms with Crippen molar-refractivity contribution >= 4 is 27.5 Å². The zero-order valence-electron chi connectivity index (χ0n) is 9.41. The van der Waals surface area contributed by atoms with Gasteiger partial charge in [-0.15, -0.1) is 0 Å². The van der Waals surface area contributed by atoms with Gasteiger partial charge in [0.05, 0.1) is 19.0 Å². The van der Waals surface area contributed by atoms with Crippen LogP contribution in [0.15, 0.2) is 18.2 Å². The quantitative estimate of drug-likeness (QED) is 0.866. The van der Waals surface area contributed by atoms with Gasteiger partial charge < -0.3 is 14.8 Å². The van der Waals surface area contributed by atoms with E-state index in [9.17, 15) is 4.79 Å². The van der Waals surface area contributed by atoms with Gasteiger partial charge in [-0.1, -0.05) is 15.9 Å². The third kappa shape index (κ3) is 3.13. The molecule has 5 heteroatoms. The van der Waals surface area contributed by atoms with Crippen LogP contribution in [0.25, 0.3) is 0 Å². The molecular weight excluding hydrogens is 274 g/mol. The Kier molecular flexibility index (Phi) is 4.61. The first kappa shape index (κ1) is 12.8. The van der Waals surface area contributed by atoms with Gasteiger partial charge in [0.15, 0.2) is 11.5 Å². The maximum absolute atomic E-state index is 11.4. The fraction of sp³-hybridized carbons (Fsp3) is 0.364. The van der Waals surface area contributed by atoms with Crippen molar-refractivity contribution in [3.8, 4) is 11.5 Å². The molecule has 1 amide bonds. The van der Waals surface area contributed by atoms with E-state index >= 15 is 0 Å². The third-order valence-electron chi connectivity index (χ3n) is 2.01. The second kappa shape index (κ2) is 5.75. The lowest BCUT2D eigenvalue weighted by atomic mass is 10.2. The highest BCUT2D eigenvalue weighted by Crippen LogP contribution is 2.29. The van der Waals surface area contributed by atoms with Crippen molar-refractivity contribution in [1.29, 1.82) is 0 Å². The summed E-state index contributed by atoms with van der Waals surface area (Å²) in [7, 11) is 3.12. The normalized spacial score (nSPS) is 11.8. The number of rotatable bonds is 4. The monoisotopic (exact) mass is 287 g/mol. The van der Waals surface area contributed by atoms with Crippen molar-refractivity contribution in [3.63, 3.8) is 0 Å². The fourth-order valence-corrected chi connectivity index (χ4v) is 1.27. The van der Waals surface area contributed by atoms with E-state index < -0.39 is 0 Å². The number of carbonyl (C=O) groups excluding carboxylic acids is 1. The largest absolute Gasteiger partial charge is 0.493 e. The lowest BCUT2D eigenvalue weighted by molar-refractivity contribution is -0.115. The standard InChI is InChI=1S/C11H14BrNO3/c1-7(12)11(14)13-8-4-5-9(15-2)10(6-8)16-3/h4-7H,1-3H3,(H,13,14)/t7-/m1/s1. The summed E-state index contributed by atoms with van der Waals surface area (Å²) in [5.74, 6) is 1.11. The Morgan fingerprint density at radius 1 is 1.31 bits per heavy atom. The lowest BCUT2D eigenvalue weighted by Crippen LogP contribution is -2.19. The molecule has 0 fully saturated rings. The Balaban J connectivity index is 2.87. The van der Waals surface area contributed by atoms with Crippen molar-refractivity contribution in [2.45, 2.75) is 11.8 Å². The summed E-state index contributed by atoms with van der Waals surface area (Å²) in [6.07, 6.45) is 0. The van der Waals surface area contributed by atoms with Crippen LogP contribution >= 0.6 is 15.9 Å². The van der Waals surface area contributed by atoms with Crippen molar-refractivity contribution in [2.24, 2.45) is 0 Å². The summed E-state index contributed by atoms with van der Waals surface area (Å²) in [6.45, 7) is 1.76. The average molecular weight is 288 g/mol. The van der Waals surface area contributed by atoms with Crippen LogP contribution in [-0.2, 0) is 4.79 Å². The maximum atomic E-state index is 11.4. The molecule has 0 unspecified atom stereocenters. The number of alkyl halides is 1. The predicted octanol–water partition coefficient (Wildman–Crippen LogP) is 2.43. The van der Waals surface area contributed by atoms with E-state index in [4.69, 9.17) is 9.47 Å². The molecule has 0 heterocycles. The molecule has 0 aromatic heterocycles. The minimum atomic E-state index is -0.236. The van der Waals surface area contributed by atoms with E-state index in [1.165, 1.54) is 0 Å². The molecule has 88 valence electrons. The van der Waals surface area contributed by atoms with Crippen LogP contribution in [0.2, 0.25) is 0 Å². The predicted molar refractivity (Wildman–Crippen MR) is 66.6 cm³/mol. The Morgan fingerprint density at radius 2 is 1.94 bits per heavy atom. The summed E-state index contributed by atoms with van der Waals surface area (Å²) >= 11 is 3.19. The molecule has 0 radical (unpaired) electrons. The second-order valence-electron chi connectivity index (χ2n) is 3.18. The first-order chi connectivity index (χ1) is 7.58. The number of methoxy groups -OCH3 is 2. The first-order valence-corrected chi connectivity index (χ1v) is 5.67. The van der Waals surface area contributed by atoms with Crippen LogP contribution < -0.4 is 14.8 Å². The van der Waals surface area contributed by atoms with Gasteiger partial charge in [0.2, 0.25) is 5.91 Å². The lowest BCUT2D eigenvalue weighted by Gasteiger charge is -2.11. The van der Waals surface area contributed by atoms with Gasteiger partial charge >= 0.3 is 0 Å². The van der Waals surface area contributed by atoms with E-state index in [1.54, 1.807) is 39.3 Å². The van der Waals surface area contributed by atoms with Crippen LogP contribution in [0.1, 0.15) is 6.92 Å². The number of halogens is 1. The van der Waals surface area contributed by atoms with Gasteiger partial charge in [0.25, 0.3) is 0 Å². The molecule has 1 aromatic rings. The van der Waals surface area contributed by atoms with Gasteiger partial charge in [-0.05, 0) is 19.1 Å². The van der Waals surface area contributed by atoms with Gasteiger partial charge in [-0.2, -0.15) is 0 Å². The zero-order chi connectivity index (χ0) is 12.1. The molecule has 0 saturated carbocycles. The molecular formula is C11H14BrNO3. The van der Waals surface area contributed by atoms with E-state index in [2.05, 4.69) is 21.2 Å². The minimum absolute atomic E-state index is 0.104. The molecule has 0 saturated heterocycles. The minimum Gasteiger partial charge on any atom is -0.493 e. The third-order valence-corrected chi connectivity index (χ3v) is 2.43. The molecule has 0 bridgehead atoms. The number of amides is 1. The van der Waals surface area contributed by atoms with Gasteiger partial charge in [-0.3, -0.25) is 4.79 Å². The SMILES string of the molecule is COc1ccc(NC(=O)[C@@H](C)Br)cc1OC. The van der Waals surface area contributed by atoms with Crippen molar-refractivity contribution in [3.05, 3.63) is 18.2 Å². The van der Waals surface area contributed by atoms with Crippen LogP contribution in [-0.4, -0.2) is 25.0 Å². The first-order valence-electron chi connectivity index (χ1n) is 4.75. The summed E-state index contributed by atoms with van der Waals surface area (Å²) in [4.78, 5) is 11.2. The number of hydrogen-bond donors (Lipinski definition) is 1. The van der Waals surface area contributed by atoms with E-state index in [0.717, 1.165) is 0 Å². The Bertz CT molecular complexity index is 379. The zero-order valence-corrected chi connectivity index (χ0v) is 11.0. The molecule has 1 N–H and O–H groups in total. The van der Waals surface area contributed by atoms with E-state index in [1.807, 2.05) is 0 Å². The second-order valence-corrected chi connectivity index (χ2v) is 4.55. The highest BCUT2D eigenvalue weighted by atomic mass is 79.9. The molecule has 1 rings (SSSR count). The highest BCUT2D eigenvalue weighted by Gasteiger charge is 2.10. The molecule has 0 aliphatic rings. The van der Waals surface area contributed by atoms with Crippen LogP contribution in [0.3, 0.4) is 0 Å². The average Bonchev–Trinajstić information content (AvgIpc) is 2.28. The van der Waals surface area contributed by atoms with Crippen LogP contribution in [0, 0.1) is 0 Å². The molecule has 1 aromatic carbocycles. The molecule has 0 spiro atoms. The van der Waals surface area contributed by atoms with Crippen molar-refractivity contribution in [2.75, 3.05) is 19.5 Å². The van der Waals surface area contributed by atoms with Gasteiger partial charge in [0.1, 0.15) is 0 Å². The van der Waals surface area contributed by atoms with Crippen molar-refractivity contribution < 1.29 is 14.3 Å². The fourth-order valence-electron chi connectivity index (χ4n) is 1.16. The van der Waals surface area contributed by atoms with E-state index in [0.29, 0.717) is 17.2 Å². The number of hydrogen-bond acceptors (Lipinski definition) is 3. The number of nitrogens with one attached hydrogen (secondary N) is 1. The van der Waals surface area contributed by atoms with Crippen molar-refractivity contribution in [1.82, 2.24) is 0 Å². The number of anilines is 1. The summed E-state index contributed by atoms with van der Waals surface area (Å²) in [5.41, 5.74) is 0.675. The smallest absolute Gasteiger partial charge is 0.237 e. The maximum Gasteiger partial charge on any atom is 0.237 e. The topological polar surface area (TPSA) is 47.6 Å². The Hall–Kier alpha value is -1.23. The van der Waals surface area contributed by atoms with Gasteiger partial charge in [-0.25, -0.2) is 0 Å². The molecule has 4 nitrogen and oxygen atoms in total. The van der Waals surface area contributed by atoms with Crippen LogP contribution in [0.5, 0.6) is 11.5 Å². The Labute approximate surface area is 103 Å². The number of carbonyl (C=O) groups is 1. The molecule has 0 aliphatic heterocycles. The Morgan fingerprint density at radius 3 is 2.44 bits per heavy atom. The summed E-state index contributed by atoms with van der Waals surface area (Å²) in [6, 6.07) is 5.22. The number of benzene rings is 1. The molecule has 16 heavy (non-hydrogen) atoms. The van der Waals surface area contributed by atoms with E-state index in [-0.39, 0.29) is 10.7 Å². The molecule has 1 atom stereocenters.